The first-order valence-corrected chi connectivity index (χ1v) is 15.4. The fraction of sp³-hybridized carbons (Fsp3) is 0.514. The van der Waals surface area contributed by atoms with Gasteiger partial charge in [0.1, 0.15) is 24.4 Å². The van der Waals surface area contributed by atoms with Gasteiger partial charge in [0.15, 0.2) is 0 Å². The Labute approximate surface area is 274 Å². The summed E-state index contributed by atoms with van der Waals surface area (Å²) in [6.07, 6.45) is 4.08. The highest BCUT2D eigenvalue weighted by Gasteiger charge is 2.34. The van der Waals surface area contributed by atoms with Gasteiger partial charge < -0.3 is 35.3 Å². The molecular formula is C35H53FN6O4. The van der Waals surface area contributed by atoms with Crippen LogP contribution < -0.4 is 16.0 Å². The van der Waals surface area contributed by atoms with Crippen molar-refractivity contribution in [3.05, 3.63) is 66.0 Å². The molecule has 3 atom stereocenters. The van der Waals surface area contributed by atoms with Gasteiger partial charge in [-0.05, 0) is 75.1 Å². The Kier molecular flexibility index (Phi) is 22.0. The zero-order valence-electron chi connectivity index (χ0n) is 28.5. The summed E-state index contributed by atoms with van der Waals surface area (Å²) in [4.78, 5) is 46.5. The molecule has 0 aromatic heterocycles. The molecule has 2 aromatic rings. The fourth-order valence-electron chi connectivity index (χ4n) is 3.91. The molecule has 0 aliphatic carbocycles. The molecule has 11 heteroatoms. The van der Waals surface area contributed by atoms with Crippen LogP contribution in [0.15, 0.2) is 54.6 Å². The van der Waals surface area contributed by atoms with Gasteiger partial charge >= 0.3 is 0 Å². The lowest BCUT2D eigenvalue weighted by molar-refractivity contribution is -0.132. The van der Waals surface area contributed by atoms with E-state index < -0.39 is 6.04 Å². The smallest absolute Gasteiger partial charge is 0.237 e. The van der Waals surface area contributed by atoms with Crippen molar-refractivity contribution >= 4 is 30.6 Å². The topological polar surface area (TPSA) is 135 Å². The van der Waals surface area contributed by atoms with Gasteiger partial charge in [-0.2, -0.15) is 5.26 Å². The molecule has 0 spiro atoms. The van der Waals surface area contributed by atoms with Crippen LogP contribution in [0.3, 0.4) is 0 Å². The summed E-state index contributed by atoms with van der Waals surface area (Å²) in [5.41, 5.74) is 2.57. The molecule has 1 aliphatic heterocycles. The third-order valence-electron chi connectivity index (χ3n) is 6.03. The average Bonchev–Trinajstić information content (AvgIpc) is 3.45. The number of nitrogens with zero attached hydrogens (tertiary/aromatic N) is 3. The lowest BCUT2D eigenvalue weighted by Crippen LogP contribution is -2.40. The Bertz CT molecular complexity index is 1160. The SMILES string of the molecule is CC(C)(C)C.CN(C)CC(=O)N1CC(C=O)CC1C#N.CNc1ccccc1.O=CNCCCNC(C=O)Cc1ccc(F)cc1. The second kappa shape index (κ2) is 24.1. The van der Waals surface area contributed by atoms with E-state index in [0.29, 0.717) is 44.3 Å². The molecule has 1 aliphatic rings. The molecule has 1 saturated heterocycles. The van der Waals surface area contributed by atoms with E-state index >= 15 is 0 Å². The van der Waals surface area contributed by atoms with Crippen molar-refractivity contribution in [1.29, 1.82) is 5.26 Å². The zero-order chi connectivity index (χ0) is 35.0. The number of aldehydes is 2. The van der Waals surface area contributed by atoms with Crippen molar-refractivity contribution in [3.8, 4) is 6.07 Å². The predicted octanol–water partition coefficient (Wildman–Crippen LogP) is 3.93. The third-order valence-corrected chi connectivity index (χ3v) is 6.03. The fourth-order valence-corrected chi connectivity index (χ4v) is 3.91. The van der Waals surface area contributed by atoms with Crippen LogP contribution in [0.5, 0.6) is 0 Å². The number of rotatable bonds is 13. The maximum Gasteiger partial charge on any atom is 0.237 e. The van der Waals surface area contributed by atoms with E-state index in [4.69, 9.17) is 5.26 Å². The number of likely N-dealkylation sites (tertiary alicyclic amines) is 1. The minimum atomic E-state index is -0.437. The normalized spacial score (nSPS) is 15.7. The summed E-state index contributed by atoms with van der Waals surface area (Å²) in [7, 11) is 5.51. The van der Waals surface area contributed by atoms with Crippen LogP contribution in [-0.4, -0.2) is 94.1 Å². The number of nitriles is 1. The first kappa shape index (κ1) is 41.9. The number of anilines is 1. The van der Waals surface area contributed by atoms with Crippen LogP contribution in [0.1, 0.15) is 46.1 Å². The summed E-state index contributed by atoms with van der Waals surface area (Å²) in [5, 5.41) is 17.5. The van der Waals surface area contributed by atoms with Crippen molar-refractivity contribution in [2.45, 2.75) is 59.0 Å². The second-order valence-corrected chi connectivity index (χ2v) is 12.6. The molecule has 0 radical (unpaired) electrons. The third kappa shape index (κ3) is 21.5. The standard InChI is InChI=1S/C13H17FN2O2.C10H15N3O2.C7H9N.C5H12/c14-12-4-2-11(3-5-12)8-13(9-17)16-7-1-6-15-10-18;1-12(2)6-10(15)13-5-8(7-14)3-9(13)4-11;1-8-7-5-3-2-4-6-7;1-5(2,3)4/h2-5,9-10,13,16H,1,6-8H2,(H,15,18);7-9H,3,5-6H2,1-2H3;2-6,8H,1H3;1-4H3. The largest absolute Gasteiger partial charge is 0.388 e. The van der Waals surface area contributed by atoms with Gasteiger partial charge in [0.2, 0.25) is 12.3 Å². The monoisotopic (exact) mass is 640 g/mol. The lowest BCUT2D eigenvalue weighted by Gasteiger charge is -2.21. The Morgan fingerprint density at radius 1 is 1.07 bits per heavy atom. The molecule has 1 fully saturated rings. The summed E-state index contributed by atoms with van der Waals surface area (Å²) < 4.78 is 12.7. The number of nitrogens with one attached hydrogen (secondary N) is 3. The number of para-hydroxylation sites is 1. The first-order valence-electron chi connectivity index (χ1n) is 15.4. The van der Waals surface area contributed by atoms with Crippen molar-refractivity contribution < 1.29 is 23.6 Å². The molecule has 0 saturated carbocycles. The Hall–Kier alpha value is -4.14. The summed E-state index contributed by atoms with van der Waals surface area (Å²) in [6, 6.07) is 17.5. The molecule has 10 nitrogen and oxygen atoms in total. The number of hydrogen-bond donors (Lipinski definition) is 3. The molecule has 1 heterocycles. The highest BCUT2D eigenvalue weighted by Crippen LogP contribution is 2.21. The van der Waals surface area contributed by atoms with E-state index in [1.165, 1.54) is 17.0 Å². The van der Waals surface area contributed by atoms with E-state index in [1.807, 2.05) is 37.4 Å². The van der Waals surface area contributed by atoms with E-state index in [9.17, 15) is 23.6 Å². The molecular weight excluding hydrogens is 587 g/mol. The van der Waals surface area contributed by atoms with Crippen LogP contribution >= 0.6 is 0 Å². The van der Waals surface area contributed by atoms with Crippen LogP contribution in [-0.2, 0) is 25.6 Å². The summed E-state index contributed by atoms with van der Waals surface area (Å²) in [5.74, 6) is -0.550. The van der Waals surface area contributed by atoms with Gasteiger partial charge in [-0.1, -0.05) is 58.0 Å². The second-order valence-electron chi connectivity index (χ2n) is 12.6. The Morgan fingerprint density at radius 2 is 1.67 bits per heavy atom. The van der Waals surface area contributed by atoms with Gasteiger partial charge in [0, 0.05) is 31.7 Å². The van der Waals surface area contributed by atoms with Crippen LogP contribution in [0.2, 0.25) is 0 Å². The van der Waals surface area contributed by atoms with E-state index in [0.717, 1.165) is 30.2 Å². The van der Waals surface area contributed by atoms with E-state index in [1.54, 1.807) is 31.1 Å². The Balaban J connectivity index is 0.000000646. The average molecular weight is 641 g/mol. The van der Waals surface area contributed by atoms with Gasteiger partial charge in [-0.3, -0.25) is 9.59 Å². The minimum absolute atomic E-state index is 0.0871. The number of benzene rings is 2. The molecule has 3 unspecified atom stereocenters. The summed E-state index contributed by atoms with van der Waals surface area (Å²) in [6.45, 7) is 10.6. The summed E-state index contributed by atoms with van der Waals surface area (Å²) >= 11 is 0. The van der Waals surface area contributed by atoms with Crippen LogP contribution in [0.25, 0.3) is 0 Å². The lowest BCUT2D eigenvalue weighted by atomic mass is 10.0. The molecule has 2 aromatic carbocycles. The zero-order valence-corrected chi connectivity index (χ0v) is 28.5. The number of carbonyl (C=O) groups excluding carboxylic acids is 4. The van der Waals surface area contributed by atoms with Gasteiger partial charge in [0.05, 0.1) is 18.7 Å². The molecule has 254 valence electrons. The van der Waals surface area contributed by atoms with E-state index in [2.05, 4.69) is 49.7 Å². The van der Waals surface area contributed by atoms with Crippen molar-refractivity contribution in [2.24, 2.45) is 11.3 Å². The van der Waals surface area contributed by atoms with E-state index in [-0.39, 0.29) is 30.2 Å². The number of amides is 2. The first-order chi connectivity index (χ1) is 21.8. The number of carbonyl (C=O) groups is 4. The van der Waals surface area contributed by atoms with Gasteiger partial charge in [0.25, 0.3) is 0 Å². The number of hydrogen-bond acceptors (Lipinski definition) is 8. The molecule has 3 N–H and O–H groups in total. The number of halogens is 1. The number of likely N-dealkylation sites (N-methyl/N-ethyl adjacent to an activating group) is 1. The van der Waals surface area contributed by atoms with Crippen LogP contribution in [0, 0.1) is 28.5 Å². The molecule has 2 amide bonds. The van der Waals surface area contributed by atoms with Crippen molar-refractivity contribution in [3.63, 3.8) is 0 Å². The quantitative estimate of drug-likeness (QED) is 0.222. The minimum Gasteiger partial charge on any atom is -0.388 e. The highest BCUT2D eigenvalue weighted by atomic mass is 19.1. The highest BCUT2D eigenvalue weighted by molar-refractivity contribution is 5.80. The molecule has 0 bridgehead atoms. The maximum absolute atomic E-state index is 12.7. The van der Waals surface area contributed by atoms with Crippen molar-refractivity contribution in [2.75, 3.05) is 52.6 Å². The Morgan fingerprint density at radius 3 is 2.13 bits per heavy atom. The van der Waals surface area contributed by atoms with Gasteiger partial charge in [-0.25, -0.2) is 4.39 Å². The van der Waals surface area contributed by atoms with Crippen LogP contribution in [0.4, 0.5) is 10.1 Å². The molecule has 46 heavy (non-hydrogen) atoms. The maximum atomic E-state index is 12.7. The molecule has 3 rings (SSSR count). The predicted molar refractivity (Wildman–Crippen MR) is 182 cm³/mol. The van der Waals surface area contributed by atoms with Gasteiger partial charge in [-0.15, -0.1) is 0 Å². The van der Waals surface area contributed by atoms with Crippen molar-refractivity contribution in [1.82, 2.24) is 20.4 Å².